The Kier molecular flexibility index (Phi) is 11.1. The maximum atomic E-state index is 13.0. The van der Waals surface area contributed by atoms with E-state index in [4.69, 9.17) is 4.74 Å². The number of likely N-dealkylation sites (tertiary alicyclic amines) is 1. The first-order chi connectivity index (χ1) is 13.3. The summed E-state index contributed by atoms with van der Waals surface area (Å²) >= 11 is 0. The molecule has 29 heavy (non-hydrogen) atoms. The number of nitrogens with one attached hydrogen (secondary N) is 2. The van der Waals surface area contributed by atoms with Crippen LogP contribution in [-0.4, -0.2) is 56.7 Å². The number of aliphatic imine (C=N–C) groups is 1. The lowest BCUT2D eigenvalue weighted by Gasteiger charge is -2.33. The summed E-state index contributed by atoms with van der Waals surface area (Å²) < 4.78 is 44.2. The van der Waals surface area contributed by atoms with E-state index in [-0.39, 0.29) is 36.3 Å². The summed E-state index contributed by atoms with van der Waals surface area (Å²) in [5.74, 6) is 1.16. The van der Waals surface area contributed by atoms with E-state index in [0.29, 0.717) is 24.5 Å². The van der Waals surface area contributed by atoms with Crippen molar-refractivity contribution in [3.05, 3.63) is 29.8 Å². The number of ether oxygens (including phenoxy) is 1. The average molecular weight is 528 g/mol. The van der Waals surface area contributed by atoms with Crippen molar-refractivity contribution in [3.63, 3.8) is 0 Å². The average Bonchev–Trinajstić information content (AvgIpc) is 2.64. The summed E-state index contributed by atoms with van der Waals surface area (Å²) in [6.07, 6.45) is -2.34. The highest BCUT2D eigenvalue weighted by Gasteiger charge is 2.33. The monoisotopic (exact) mass is 528 g/mol. The molecule has 5 nitrogen and oxygen atoms in total. The largest absolute Gasteiger partial charge is 0.491 e. The van der Waals surface area contributed by atoms with Gasteiger partial charge >= 0.3 is 6.18 Å². The molecule has 0 spiro atoms. The Morgan fingerprint density at radius 3 is 2.48 bits per heavy atom. The SMILES string of the molecule is CN=C(NCCOc1ccccc1C(F)(F)F)NC1CCN(CC(C)C)CC1.I. The van der Waals surface area contributed by atoms with E-state index in [9.17, 15) is 13.2 Å². The Balaban J connectivity index is 0.00000420. The van der Waals surface area contributed by atoms with Gasteiger partial charge < -0.3 is 20.3 Å². The van der Waals surface area contributed by atoms with Gasteiger partial charge in [0.15, 0.2) is 5.96 Å². The van der Waals surface area contributed by atoms with Crippen molar-refractivity contribution in [2.75, 3.05) is 39.8 Å². The molecule has 0 bridgehead atoms. The van der Waals surface area contributed by atoms with E-state index >= 15 is 0 Å². The number of piperidine rings is 1. The molecule has 0 unspecified atom stereocenters. The molecule has 1 aromatic rings. The smallest absolute Gasteiger partial charge is 0.419 e. The number of benzene rings is 1. The van der Waals surface area contributed by atoms with Gasteiger partial charge in [-0.05, 0) is 30.9 Å². The molecule has 0 amide bonds. The van der Waals surface area contributed by atoms with Crippen LogP contribution >= 0.6 is 24.0 Å². The lowest BCUT2D eigenvalue weighted by molar-refractivity contribution is -0.138. The Hall–Kier alpha value is -1.23. The number of guanidine groups is 1. The highest BCUT2D eigenvalue weighted by Crippen LogP contribution is 2.35. The summed E-state index contributed by atoms with van der Waals surface area (Å²) in [6, 6.07) is 5.59. The van der Waals surface area contributed by atoms with Crippen molar-refractivity contribution in [2.45, 2.75) is 38.9 Å². The summed E-state index contributed by atoms with van der Waals surface area (Å²) in [6.45, 7) is 8.17. The van der Waals surface area contributed by atoms with Crippen LogP contribution in [0, 0.1) is 5.92 Å². The predicted molar refractivity (Wildman–Crippen MR) is 121 cm³/mol. The van der Waals surface area contributed by atoms with E-state index in [1.54, 1.807) is 7.05 Å². The molecule has 1 aliphatic rings. The van der Waals surface area contributed by atoms with Gasteiger partial charge in [0.25, 0.3) is 0 Å². The van der Waals surface area contributed by atoms with E-state index in [0.717, 1.165) is 38.5 Å². The van der Waals surface area contributed by atoms with Crippen molar-refractivity contribution < 1.29 is 17.9 Å². The molecule has 0 aliphatic carbocycles. The topological polar surface area (TPSA) is 48.9 Å². The van der Waals surface area contributed by atoms with Gasteiger partial charge in [0, 0.05) is 32.7 Å². The summed E-state index contributed by atoms with van der Waals surface area (Å²) in [5.41, 5.74) is -0.759. The third kappa shape index (κ3) is 8.98. The van der Waals surface area contributed by atoms with Crippen LogP contribution in [0.1, 0.15) is 32.3 Å². The fourth-order valence-electron chi connectivity index (χ4n) is 3.32. The van der Waals surface area contributed by atoms with Crippen LogP contribution in [-0.2, 0) is 6.18 Å². The Labute approximate surface area is 188 Å². The molecule has 2 N–H and O–H groups in total. The van der Waals surface area contributed by atoms with Gasteiger partial charge in [-0.1, -0.05) is 26.0 Å². The van der Waals surface area contributed by atoms with Crippen LogP contribution in [0.4, 0.5) is 13.2 Å². The highest BCUT2D eigenvalue weighted by atomic mass is 127. The zero-order chi connectivity index (χ0) is 20.6. The zero-order valence-corrected chi connectivity index (χ0v) is 19.6. The summed E-state index contributed by atoms with van der Waals surface area (Å²) in [4.78, 5) is 6.67. The zero-order valence-electron chi connectivity index (χ0n) is 17.3. The first kappa shape index (κ1) is 25.8. The molecular weight excluding hydrogens is 496 g/mol. The van der Waals surface area contributed by atoms with Crippen molar-refractivity contribution in [2.24, 2.45) is 10.9 Å². The van der Waals surface area contributed by atoms with Crippen LogP contribution in [0.15, 0.2) is 29.3 Å². The maximum absolute atomic E-state index is 13.0. The minimum Gasteiger partial charge on any atom is -0.491 e. The molecule has 9 heteroatoms. The number of hydrogen-bond acceptors (Lipinski definition) is 3. The van der Waals surface area contributed by atoms with Gasteiger partial charge in [-0.2, -0.15) is 13.2 Å². The minimum atomic E-state index is -4.42. The first-order valence-corrected chi connectivity index (χ1v) is 9.78. The van der Waals surface area contributed by atoms with E-state index < -0.39 is 11.7 Å². The maximum Gasteiger partial charge on any atom is 0.419 e. The molecule has 1 fully saturated rings. The number of nitrogens with zero attached hydrogens (tertiary/aromatic N) is 2. The Morgan fingerprint density at radius 1 is 1.24 bits per heavy atom. The second-order valence-electron chi connectivity index (χ2n) is 7.45. The molecule has 0 atom stereocenters. The second-order valence-corrected chi connectivity index (χ2v) is 7.45. The van der Waals surface area contributed by atoms with Crippen molar-refractivity contribution in [3.8, 4) is 5.75 Å². The summed E-state index contributed by atoms with van der Waals surface area (Å²) in [5, 5.41) is 6.50. The van der Waals surface area contributed by atoms with Gasteiger partial charge in [-0.3, -0.25) is 4.99 Å². The summed E-state index contributed by atoms with van der Waals surface area (Å²) in [7, 11) is 1.68. The molecule has 0 saturated carbocycles. The van der Waals surface area contributed by atoms with Crippen molar-refractivity contribution in [1.29, 1.82) is 0 Å². The molecule has 0 radical (unpaired) electrons. The fraction of sp³-hybridized carbons (Fsp3) is 0.650. The second kappa shape index (κ2) is 12.5. The third-order valence-corrected chi connectivity index (χ3v) is 4.62. The number of hydrogen-bond donors (Lipinski definition) is 2. The van der Waals surface area contributed by atoms with Crippen molar-refractivity contribution >= 4 is 29.9 Å². The molecule has 166 valence electrons. The molecule has 2 rings (SSSR count). The van der Waals surface area contributed by atoms with E-state index in [1.165, 1.54) is 18.2 Å². The normalized spacial score (nSPS) is 16.4. The van der Waals surface area contributed by atoms with Crippen LogP contribution < -0.4 is 15.4 Å². The van der Waals surface area contributed by atoms with Gasteiger partial charge in [-0.15, -0.1) is 24.0 Å². The van der Waals surface area contributed by atoms with Crippen LogP contribution in [0.3, 0.4) is 0 Å². The van der Waals surface area contributed by atoms with Gasteiger partial charge in [-0.25, -0.2) is 0 Å². The highest BCUT2D eigenvalue weighted by molar-refractivity contribution is 14.0. The molecule has 0 aromatic heterocycles. The van der Waals surface area contributed by atoms with Crippen molar-refractivity contribution in [1.82, 2.24) is 15.5 Å². The molecule has 1 aliphatic heterocycles. The third-order valence-electron chi connectivity index (χ3n) is 4.62. The lowest BCUT2D eigenvalue weighted by atomic mass is 10.0. The van der Waals surface area contributed by atoms with Gasteiger partial charge in [0.2, 0.25) is 0 Å². The molecule has 1 aromatic carbocycles. The standard InChI is InChI=1S/C20H31F3N4O.HI/c1-15(2)14-27-11-8-16(9-12-27)26-19(24-3)25-10-13-28-18-7-5-4-6-17(18)20(21,22)23;/h4-7,15-16H,8-14H2,1-3H3,(H2,24,25,26);1H. The van der Waals surface area contributed by atoms with Crippen LogP contribution in [0.2, 0.25) is 0 Å². The predicted octanol–water partition coefficient (Wildman–Crippen LogP) is 3.99. The molecular formula is C20H32F3IN4O. The van der Waals surface area contributed by atoms with Crippen LogP contribution in [0.25, 0.3) is 0 Å². The molecule has 1 heterocycles. The Morgan fingerprint density at radius 2 is 1.90 bits per heavy atom. The first-order valence-electron chi connectivity index (χ1n) is 9.78. The van der Waals surface area contributed by atoms with Gasteiger partial charge in [0.1, 0.15) is 12.4 Å². The number of alkyl halides is 3. The lowest BCUT2D eigenvalue weighted by Crippen LogP contribution is -2.49. The van der Waals surface area contributed by atoms with E-state index in [2.05, 4.69) is 34.4 Å². The molecule has 1 saturated heterocycles. The quantitative estimate of drug-likeness (QED) is 0.243. The van der Waals surface area contributed by atoms with E-state index in [1.807, 2.05) is 0 Å². The number of para-hydroxylation sites is 1. The van der Waals surface area contributed by atoms with Crippen LogP contribution in [0.5, 0.6) is 5.75 Å². The van der Waals surface area contributed by atoms with Gasteiger partial charge in [0.05, 0.1) is 12.1 Å². The minimum absolute atomic E-state index is 0. The number of halogens is 4. The number of rotatable bonds is 7. The Bertz CT molecular complexity index is 632. The fourth-order valence-corrected chi connectivity index (χ4v) is 3.32.